The molecular formula is C10H14O2. The summed E-state index contributed by atoms with van der Waals surface area (Å²) in [5.74, 6) is 0.306. The SMILES string of the molecule is COC12CCC=C1C(=O)CCC2. The van der Waals surface area contributed by atoms with Crippen molar-refractivity contribution in [3.8, 4) is 0 Å². The van der Waals surface area contributed by atoms with E-state index in [1.54, 1.807) is 7.11 Å². The van der Waals surface area contributed by atoms with Crippen molar-refractivity contribution in [3.63, 3.8) is 0 Å². The Morgan fingerprint density at radius 3 is 3.00 bits per heavy atom. The van der Waals surface area contributed by atoms with Crippen LogP contribution in [0.5, 0.6) is 0 Å². The average Bonchev–Trinajstić information content (AvgIpc) is 2.50. The van der Waals surface area contributed by atoms with E-state index in [0.29, 0.717) is 5.78 Å². The number of hydrogen-bond donors (Lipinski definition) is 0. The fourth-order valence-corrected chi connectivity index (χ4v) is 2.38. The van der Waals surface area contributed by atoms with Crippen LogP contribution in [0, 0.1) is 0 Å². The van der Waals surface area contributed by atoms with Gasteiger partial charge in [-0.1, -0.05) is 6.08 Å². The normalized spacial score (nSPS) is 34.8. The lowest BCUT2D eigenvalue weighted by molar-refractivity contribution is -0.121. The molecule has 0 saturated heterocycles. The minimum Gasteiger partial charge on any atom is -0.373 e. The Bertz CT molecular complexity index is 242. The number of methoxy groups -OCH3 is 1. The van der Waals surface area contributed by atoms with Crippen LogP contribution in [0.15, 0.2) is 11.6 Å². The number of Topliss-reactive ketones (excluding diaryl/α,β-unsaturated/α-hetero) is 1. The largest absolute Gasteiger partial charge is 0.373 e. The monoisotopic (exact) mass is 166 g/mol. The first-order valence-electron chi connectivity index (χ1n) is 4.57. The molecule has 66 valence electrons. The quantitative estimate of drug-likeness (QED) is 0.594. The molecule has 1 unspecified atom stereocenters. The zero-order valence-electron chi connectivity index (χ0n) is 7.43. The van der Waals surface area contributed by atoms with Gasteiger partial charge in [0.15, 0.2) is 5.78 Å². The number of fused-ring (bicyclic) bond motifs is 1. The van der Waals surface area contributed by atoms with Crippen LogP contribution in [-0.2, 0) is 9.53 Å². The van der Waals surface area contributed by atoms with Crippen molar-refractivity contribution in [1.29, 1.82) is 0 Å². The van der Waals surface area contributed by atoms with Gasteiger partial charge in [0.25, 0.3) is 0 Å². The maximum absolute atomic E-state index is 11.5. The molecule has 0 aromatic carbocycles. The molecular weight excluding hydrogens is 152 g/mol. The van der Waals surface area contributed by atoms with Crippen molar-refractivity contribution in [2.24, 2.45) is 0 Å². The second-order valence-corrected chi connectivity index (χ2v) is 3.63. The summed E-state index contributed by atoms with van der Waals surface area (Å²) in [6.45, 7) is 0. The number of allylic oxidation sites excluding steroid dienone is 1. The Labute approximate surface area is 72.6 Å². The molecule has 2 nitrogen and oxygen atoms in total. The summed E-state index contributed by atoms with van der Waals surface area (Å²) in [7, 11) is 1.72. The first kappa shape index (κ1) is 7.99. The van der Waals surface area contributed by atoms with Gasteiger partial charge in [-0.2, -0.15) is 0 Å². The Hall–Kier alpha value is -0.630. The van der Waals surface area contributed by atoms with Gasteiger partial charge in [-0.05, 0) is 25.7 Å². The average molecular weight is 166 g/mol. The summed E-state index contributed by atoms with van der Waals surface area (Å²) in [5.41, 5.74) is 0.770. The van der Waals surface area contributed by atoms with E-state index in [1.807, 2.05) is 0 Å². The van der Waals surface area contributed by atoms with E-state index in [-0.39, 0.29) is 5.60 Å². The maximum atomic E-state index is 11.5. The van der Waals surface area contributed by atoms with Crippen molar-refractivity contribution in [1.82, 2.24) is 0 Å². The van der Waals surface area contributed by atoms with E-state index >= 15 is 0 Å². The molecule has 0 heterocycles. The Morgan fingerprint density at radius 2 is 2.33 bits per heavy atom. The minimum absolute atomic E-state index is 0.185. The highest BCUT2D eigenvalue weighted by Crippen LogP contribution is 2.42. The lowest BCUT2D eigenvalue weighted by atomic mass is 9.81. The second kappa shape index (κ2) is 2.70. The van der Waals surface area contributed by atoms with Gasteiger partial charge in [-0.15, -0.1) is 0 Å². The fourth-order valence-electron chi connectivity index (χ4n) is 2.38. The molecule has 0 aromatic heterocycles. The van der Waals surface area contributed by atoms with Crippen LogP contribution in [0.1, 0.15) is 32.1 Å². The van der Waals surface area contributed by atoms with Crippen LogP contribution in [0.4, 0.5) is 0 Å². The molecule has 2 heteroatoms. The van der Waals surface area contributed by atoms with Gasteiger partial charge >= 0.3 is 0 Å². The first-order chi connectivity index (χ1) is 5.78. The van der Waals surface area contributed by atoms with E-state index in [4.69, 9.17) is 4.74 Å². The molecule has 0 amide bonds. The summed E-state index contributed by atoms with van der Waals surface area (Å²) in [6.07, 6.45) is 6.81. The predicted octanol–water partition coefficient (Wildman–Crippen LogP) is 1.84. The van der Waals surface area contributed by atoms with E-state index in [2.05, 4.69) is 6.08 Å². The molecule has 1 saturated carbocycles. The van der Waals surface area contributed by atoms with E-state index in [1.165, 1.54) is 0 Å². The van der Waals surface area contributed by atoms with Gasteiger partial charge in [0.2, 0.25) is 0 Å². The Morgan fingerprint density at radius 1 is 1.50 bits per heavy atom. The molecule has 0 aromatic rings. The fraction of sp³-hybridized carbons (Fsp3) is 0.700. The molecule has 0 radical (unpaired) electrons. The van der Waals surface area contributed by atoms with Crippen LogP contribution >= 0.6 is 0 Å². The number of carbonyl (C=O) groups excluding carboxylic acids is 1. The number of ether oxygens (including phenoxy) is 1. The molecule has 0 spiro atoms. The highest BCUT2D eigenvalue weighted by atomic mass is 16.5. The summed E-state index contributed by atoms with van der Waals surface area (Å²) < 4.78 is 5.48. The van der Waals surface area contributed by atoms with Crippen molar-refractivity contribution >= 4 is 5.78 Å². The lowest BCUT2D eigenvalue weighted by Crippen LogP contribution is -2.37. The van der Waals surface area contributed by atoms with Crippen molar-refractivity contribution in [3.05, 3.63) is 11.6 Å². The topological polar surface area (TPSA) is 26.3 Å². The van der Waals surface area contributed by atoms with Gasteiger partial charge in [0, 0.05) is 19.1 Å². The highest BCUT2D eigenvalue weighted by molar-refractivity contribution is 5.98. The second-order valence-electron chi connectivity index (χ2n) is 3.63. The van der Waals surface area contributed by atoms with Crippen LogP contribution in [0.25, 0.3) is 0 Å². The molecule has 1 atom stereocenters. The van der Waals surface area contributed by atoms with E-state index < -0.39 is 0 Å². The Balaban J connectivity index is 2.32. The lowest BCUT2D eigenvalue weighted by Gasteiger charge is -2.33. The maximum Gasteiger partial charge on any atom is 0.161 e. The molecule has 1 fully saturated rings. The highest BCUT2D eigenvalue weighted by Gasteiger charge is 2.42. The predicted molar refractivity (Wildman–Crippen MR) is 45.9 cm³/mol. The third kappa shape index (κ3) is 0.944. The summed E-state index contributed by atoms with van der Waals surface area (Å²) in [6, 6.07) is 0. The van der Waals surface area contributed by atoms with Crippen LogP contribution in [0.2, 0.25) is 0 Å². The van der Waals surface area contributed by atoms with Crippen molar-refractivity contribution < 1.29 is 9.53 Å². The molecule has 2 aliphatic carbocycles. The van der Waals surface area contributed by atoms with Crippen molar-refractivity contribution in [2.45, 2.75) is 37.7 Å². The van der Waals surface area contributed by atoms with E-state index in [0.717, 1.165) is 37.7 Å². The molecule has 2 rings (SSSR count). The summed E-state index contributed by atoms with van der Waals surface area (Å²) >= 11 is 0. The van der Waals surface area contributed by atoms with E-state index in [9.17, 15) is 4.79 Å². The minimum atomic E-state index is -0.185. The van der Waals surface area contributed by atoms with Gasteiger partial charge < -0.3 is 4.74 Å². The third-order valence-electron chi connectivity index (χ3n) is 3.06. The number of rotatable bonds is 1. The smallest absolute Gasteiger partial charge is 0.161 e. The summed E-state index contributed by atoms with van der Waals surface area (Å²) in [5, 5.41) is 0. The zero-order valence-corrected chi connectivity index (χ0v) is 7.43. The number of ketones is 1. The molecule has 12 heavy (non-hydrogen) atoms. The van der Waals surface area contributed by atoms with Gasteiger partial charge in [-0.3, -0.25) is 4.79 Å². The van der Waals surface area contributed by atoms with Crippen LogP contribution in [0.3, 0.4) is 0 Å². The standard InChI is InChI=1S/C10H14O2/c1-12-10-6-2-4-8(10)9(11)5-3-7-10/h4H,2-3,5-7H2,1H3. The number of carbonyl (C=O) groups is 1. The molecule has 0 bridgehead atoms. The third-order valence-corrected chi connectivity index (χ3v) is 3.06. The summed E-state index contributed by atoms with van der Waals surface area (Å²) in [4.78, 5) is 11.5. The number of hydrogen-bond acceptors (Lipinski definition) is 2. The van der Waals surface area contributed by atoms with Gasteiger partial charge in [-0.25, -0.2) is 0 Å². The zero-order chi connectivity index (χ0) is 8.60. The Kier molecular flexibility index (Phi) is 1.80. The van der Waals surface area contributed by atoms with Gasteiger partial charge in [0.05, 0.1) is 5.60 Å². The van der Waals surface area contributed by atoms with Gasteiger partial charge in [0.1, 0.15) is 0 Å². The van der Waals surface area contributed by atoms with Crippen LogP contribution < -0.4 is 0 Å². The van der Waals surface area contributed by atoms with Crippen LogP contribution in [-0.4, -0.2) is 18.5 Å². The molecule has 2 aliphatic rings. The van der Waals surface area contributed by atoms with Crippen molar-refractivity contribution in [2.75, 3.05) is 7.11 Å². The first-order valence-corrected chi connectivity index (χ1v) is 4.57. The molecule has 0 aliphatic heterocycles. The molecule has 0 N–H and O–H groups in total.